The lowest BCUT2D eigenvalue weighted by Gasteiger charge is -2.06. The van der Waals surface area contributed by atoms with Gasteiger partial charge in [0, 0.05) is 18.2 Å². The van der Waals surface area contributed by atoms with Crippen molar-refractivity contribution >= 4 is 0 Å². The van der Waals surface area contributed by atoms with Gasteiger partial charge in [0.05, 0.1) is 32.6 Å². The second-order valence-electron chi connectivity index (χ2n) is 5.04. The molecule has 0 saturated heterocycles. The average Bonchev–Trinajstić information content (AvgIpc) is 3.15. The first-order valence-corrected chi connectivity index (χ1v) is 7.34. The van der Waals surface area contributed by atoms with Crippen LogP contribution in [0.25, 0.3) is 0 Å². The zero-order valence-electron chi connectivity index (χ0n) is 11.8. The maximum atomic E-state index is 5.61. The van der Waals surface area contributed by atoms with Crippen LogP contribution in [0.2, 0.25) is 0 Å². The molecule has 1 fully saturated rings. The third-order valence-electron chi connectivity index (χ3n) is 3.24. The highest BCUT2D eigenvalue weighted by Gasteiger charge is 2.21. The third-order valence-corrected chi connectivity index (χ3v) is 3.24. The van der Waals surface area contributed by atoms with E-state index >= 15 is 0 Å². The Hall–Kier alpha value is -0.840. The van der Waals surface area contributed by atoms with Crippen molar-refractivity contribution in [3.63, 3.8) is 0 Å². The van der Waals surface area contributed by atoms with E-state index in [-0.39, 0.29) is 0 Å². The standard InChI is InChI=1S/C15H25NO3/c1-2-3-7-17-9-10-18-12-13-6-8-19-15(13)11-16-14-4-5-14/h6,8,14,16H,2-5,7,9-12H2,1H3. The Labute approximate surface area is 115 Å². The number of rotatable bonds is 11. The topological polar surface area (TPSA) is 43.6 Å². The van der Waals surface area contributed by atoms with Crippen molar-refractivity contribution < 1.29 is 13.9 Å². The Balaban J connectivity index is 1.55. The van der Waals surface area contributed by atoms with Crippen LogP contribution in [-0.4, -0.2) is 25.9 Å². The van der Waals surface area contributed by atoms with E-state index in [4.69, 9.17) is 13.9 Å². The van der Waals surface area contributed by atoms with Crippen molar-refractivity contribution in [2.45, 2.75) is 51.8 Å². The van der Waals surface area contributed by atoms with Crippen LogP contribution in [-0.2, 0) is 22.6 Å². The molecule has 0 bridgehead atoms. The molecule has 2 rings (SSSR count). The summed E-state index contributed by atoms with van der Waals surface area (Å²) in [5.74, 6) is 0.999. The van der Waals surface area contributed by atoms with Crippen LogP contribution < -0.4 is 5.32 Å². The molecule has 1 aromatic rings. The molecule has 4 nitrogen and oxygen atoms in total. The summed E-state index contributed by atoms with van der Waals surface area (Å²) >= 11 is 0. The number of ether oxygens (including phenoxy) is 2. The monoisotopic (exact) mass is 267 g/mol. The highest BCUT2D eigenvalue weighted by Crippen LogP contribution is 2.20. The lowest BCUT2D eigenvalue weighted by molar-refractivity contribution is 0.0392. The van der Waals surface area contributed by atoms with E-state index in [1.807, 2.05) is 6.07 Å². The molecule has 1 aliphatic rings. The fourth-order valence-electron chi connectivity index (χ4n) is 1.82. The molecule has 0 aromatic carbocycles. The van der Waals surface area contributed by atoms with Crippen molar-refractivity contribution in [3.05, 3.63) is 23.7 Å². The second-order valence-corrected chi connectivity index (χ2v) is 5.04. The molecule has 0 atom stereocenters. The molecule has 108 valence electrons. The molecule has 1 aliphatic carbocycles. The van der Waals surface area contributed by atoms with Gasteiger partial charge >= 0.3 is 0 Å². The molecule has 0 unspecified atom stereocenters. The molecule has 19 heavy (non-hydrogen) atoms. The van der Waals surface area contributed by atoms with E-state index < -0.39 is 0 Å². The summed E-state index contributed by atoms with van der Waals surface area (Å²) in [4.78, 5) is 0. The van der Waals surface area contributed by atoms with E-state index in [9.17, 15) is 0 Å². The van der Waals surface area contributed by atoms with Crippen LogP contribution in [0.15, 0.2) is 16.7 Å². The first-order chi connectivity index (χ1) is 9.40. The largest absolute Gasteiger partial charge is 0.468 e. The number of unbranched alkanes of at least 4 members (excludes halogenated alkanes) is 1. The van der Waals surface area contributed by atoms with Gasteiger partial charge in [-0.15, -0.1) is 0 Å². The molecule has 1 heterocycles. The van der Waals surface area contributed by atoms with E-state index in [0.29, 0.717) is 25.9 Å². The fourth-order valence-corrected chi connectivity index (χ4v) is 1.82. The van der Waals surface area contributed by atoms with Gasteiger partial charge in [-0.1, -0.05) is 13.3 Å². The van der Waals surface area contributed by atoms with Crippen LogP contribution in [0.5, 0.6) is 0 Å². The summed E-state index contributed by atoms with van der Waals surface area (Å²) < 4.78 is 16.5. The minimum absolute atomic E-state index is 0.606. The van der Waals surface area contributed by atoms with Gasteiger partial charge in [-0.2, -0.15) is 0 Å². The Morgan fingerprint density at radius 2 is 2.11 bits per heavy atom. The van der Waals surface area contributed by atoms with E-state index in [2.05, 4.69) is 12.2 Å². The van der Waals surface area contributed by atoms with Gasteiger partial charge in [0.15, 0.2) is 0 Å². The predicted molar refractivity (Wildman–Crippen MR) is 74.0 cm³/mol. The first kappa shape index (κ1) is 14.6. The summed E-state index contributed by atoms with van der Waals surface area (Å²) in [7, 11) is 0. The third kappa shape index (κ3) is 5.76. The maximum Gasteiger partial charge on any atom is 0.123 e. The molecular formula is C15H25NO3. The number of hydrogen-bond acceptors (Lipinski definition) is 4. The van der Waals surface area contributed by atoms with Gasteiger partial charge in [-0.3, -0.25) is 0 Å². The van der Waals surface area contributed by atoms with Gasteiger partial charge in [0.25, 0.3) is 0 Å². The van der Waals surface area contributed by atoms with Crippen molar-refractivity contribution in [2.75, 3.05) is 19.8 Å². The summed E-state index contributed by atoms with van der Waals surface area (Å²) in [6.07, 6.45) is 6.62. The smallest absolute Gasteiger partial charge is 0.123 e. The lowest BCUT2D eigenvalue weighted by Crippen LogP contribution is -2.16. The van der Waals surface area contributed by atoms with Crippen LogP contribution in [0.3, 0.4) is 0 Å². The lowest BCUT2D eigenvalue weighted by atomic mass is 10.2. The second kappa shape index (κ2) is 8.35. The van der Waals surface area contributed by atoms with Crippen LogP contribution in [0.4, 0.5) is 0 Å². The summed E-state index contributed by atoms with van der Waals surface area (Å²) in [5, 5.41) is 3.45. The Kier molecular flexibility index (Phi) is 6.41. The molecule has 0 amide bonds. The normalized spacial score (nSPS) is 15.0. The van der Waals surface area contributed by atoms with Gasteiger partial charge in [0.1, 0.15) is 5.76 Å². The van der Waals surface area contributed by atoms with Gasteiger partial charge in [-0.05, 0) is 25.3 Å². The first-order valence-electron chi connectivity index (χ1n) is 7.34. The minimum atomic E-state index is 0.606. The zero-order valence-corrected chi connectivity index (χ0v) is 11.8. The summed E-state index contributed by atoms with van der Waals surface area (Å²) in [5.41, 5.74) is 1.14. The predicted octanol–water partition coefficient (Wildman–Crippen LogP) is 2.86. The molecular weight excluding hydrogens is 242 g/mol. The van der Waals surface area contributed by atoms with Crippen LogP contribution >= 0.6 is 0 Å². The van der Waals surface area contributed by atoms with Gasteiger partial charge in [0.2, 0.25) is 0 Å². The van der Waals surface area contributed by atoms with Crippen molar-refractivity contribution in [2.24, 2.45) is 0 Å². The Morgan fingerprint density at radius 1 is 1.26 bits per heavy atom. The van der Waals surface area contributed by atoms with Crippen molar-refractivity contribution in [1.29, 1.82) is 0 Å². The van der Waals surface area contributed by atoms with E-state index in [1.165, 1.54) is 19.3 Å². The highest BCUT2D eigenvalue weighted by atomic mass is 16.5. The average molecular weight is 267 g/mol. The number of hydrogen-bond donors (Lipinski definition) is 1. The maximum absolute atomic E-state index is 5.61. The van der Waals surface area contributed by atoms with Crippen LogP contribution in [0.1, 0.15) is 43.9 Å². The Morgan fingerprint density at radius 3 is 2.89 bits per heavy atom. The molecule has 0 radical (unpaired) electrons. The molecule has 1 N–H and O–H groups in total. The van der Waals surface area contributed by atoms with Crippen molar-refractivity contribution in [1.82, 2.24) is 5.32 Å². The van der Waals surface area contributed by atoms with Gasteiger partial charge in [-0.25, -0.2) is 0 Å². The quantitative estimate of drug-likeness (QED) is 0.626. The molecule has 1 aromatic heterocycles. The highest BCUT2D eigenvalue weighted by molar-refractivity contribution is 5.16. The van der Waals surface area contributed by atoms with Crippen LogP contribution in [0, 0.1) is 0 Å². The minimum Gasteiger partial charge on any atom is -0.468 e. The molecule has 0 spiro atoms. The SMILES string of the molecule is CCCCOCCOCc1ccoc1CNC1CC1. The number of furan rings is 1. The molecule has 4 heteroatoms. The number of nitrogens with one attached hydrogen (secondary N) is 1. The van der Waals surface area contributed by atoms with E-state index in [0.717, 1.165) is 30.9 Å². The Bertz CT molecular complexity index is 347. The van der Waals surface area contributed by atoms with Gasteiger partial charge < -0.3 is 19.2 Å². The summed E-state index contributed by atoms with van der Waals surface area (Å²) in [6, 6.07) is 2.69. The fraction of sp³-hybridized carbons (Fsp3) is 0.733. The van der Waals surface area contributed by atoms with Crippen molar-refractivity contribution in [3.8, 4) is 0 Å². The zero-order chi connectivity index (χ0) is 13.3. The van der Waals surface area contributed by atoms with E-state index in [1.54, 1.807) is 6.26 Å². The summed E-state index contributed by atoms with van der Waals surface area (Å²) in [6.45, 7) is 5.73. The molecule has 1 saturated carbocycles. The molecule has 0 aliphatic heterocycles.